The van der Waals surface area contributed by atoms with E-state index in [0.717, 1.165) is 23.7 Å². The molecule has 0 bridgehead atoms. The Hall–Kier alpha value is -0.730. The first kappa shape index (κ1) is 22.1. The number of ether oxygens (including phenoxy) is 1. The van der Waals surface area contributed by atoms with Crippen LogP contribution in [0.5, 0.6) is 0 Å². The molecule has 0 aromatic heterocycles. The van der Waals surface area contributed by atoms with Gasteiger partial charge in [0.1, 0.15) is 5.60 Å². The second-order valence-electron chi connectivity index (χ2n) is 13.6. The molecule has 5 saturated carbocycles. The number of hydrogen-bond donors (Lipinski definition) is 0. The average Bonchev–Trinajstić information content (AvgIpc) is 3.23. The SMILES string of the molecule is CCC1CCC2C3CCC4C(C)C(N(C)C(=O)OC(C)(C)C)CCC45CC35CCC12C. The van der Waals surface area contributed by atoms with Crippen LogP contribution < -0.4 is 0 Å². The minimum Gasteiger partial charge on any atom is -0.444 e. The van der Waals surface area contributed by atoms with Crippen LogP contribution in [-0.2, 0) is 4.74 Å². The van der Waals surface area contributed by atoms with Gasteiger partial charge in [-0.05, 0) is 124 Å². The second-order valence-corrected chi connectivity index (χ2v) is 13.6. The molecule has 5 fully saturated rings. The highest BCUT2D eigenvalue weighted by molar-refractivity contribution is 5.68. The highest BCUT2D eigenvalue weighted by atomic mass is 16.6. The number of fused-ring (bicyclic) bond motifs is 2. The van der Waals surface area contributed by atoms with E-state index >= 15 is 0 Å². The predicted molar refractivity (Wildman–Crippen MR) is 126 cm³/mol. The first-order valence-electron chi connectivity index (χ1n) is 13.4. The number of carbonyl (C=O) groups is 1. The third-order valence-electron chi connectivity index (χ3n) is 11.7. The van der Waals surface area contributed by atoms with Crippen LogP contribution in [-0.4, -0.2) is 29.7 Å². The van der Waals surface area contributed by atoms with Crippen molar-refractivity contribution in [3.05, 3.63) is 0 Å². The van der Waals surface area contributed by atoms with Crippen LogP contribution in [0.1, 0.15) is 106 Å². The van der Waals surface area contributed by atoms with Crippen LogP contribution in [0.15, 0.2) is 0 Å². The van der Waals surface area contributed by atoms with Gasteiger partial charge in [-0.25, -0.2) is 4.79 Å². The maximum atomic E-state index is 12.8. The van der Waals surface area contributed by atoms with Gasteiger partial charge in [0.25, 0.3) is 0 Å². The van der Waals surface area contributed by atoms with Crippen molar-refractivity contribution in [3.63, 3.8) is 0 Å². The minimum absolute atomic E-state index is 0.135. The van der Waals surface area contributed by atoms with Gasteiger partial charge in [-0.3, -0.25) is 0 Å². The molecule has 9 atom stereocenters. The molecule has 0 radical (unpaired) electrons. The van der Waals surface area contributed by atoms with Crippen molar-refractivity contribution in [2.45, 2.75) is 117 Å². The van der Waals surface area contributed by atoms with E-state index in [1.165, 1.54) is 64.2 Å². The van der Waals surface area contributed by atoms with Gasteiger partial charge in [-0.2, -0.15) is 0 Å². The monoisotopic (exact) mass is 429 g/mol. The molecule has 2 spiro atoms. The fourth-order valence-corrected chi connectivity index (χ4v) is 10.3. The number of carbonyl (C=O) groups excluding carboxylic acids is 1. The zero-order valence-electron chi connectivity index (χ0n) is 21.3. The van der Waals surface area contributed by atoms with Crippen molar-refractivity contribution in [1.82, 2.24) is 4.90 Å². The van der Waals surface area contributed by atoms with E-state index in [2.05, 4.69) is 20.8 Å². The third kappa shape index (κ3) is 2.92. The molecular weight excluding hydrogens is 382 g/mol. The average molecular weight is 430 g/mol. The van der Waals surface area contributed by atoms with E-state index in [-0.39, 0.29) is 6.09 Å². The van der Waals surface area contributed by atoms with Crippen LogP contribution in [0.3, 0.4) is 0 Å². The summed E-state index contributed by atoms with van der Waals surface area (Å²) < 4.78 is 5.72. The molecule has 3 nitrogen and oxygen atoms in total. The van der Waals surface area contributed by atoms with Gasteiger partial charge in [0.15, 0.2) is 0 Å². The maximum absolute atomic E-state index is 12.8. The zero-order valence-corrected chi connectivity index (χ0v) is 21.3. The molecule has 0 aromatic rings. The lowest BCUT2D eigenvalue weighted by atomic mass is 9.48. The first-order chi connectivity index (χ1) is 14.5. The molecule has 5 aliphatic rings. The fourth-order valence-electron chi connectivity index (χ4n) is 10.3. The summed E-state index contributed by atoms with van der Waals surface area (Å²) in [4.78, 5) is 14.8. The number of hydrogen-bond acceptors (Lipinski definition) is 2. The summed E-state index contributed by atoms with van der Waals surface area (Å²) in [6, 6.07) is 0.337. The fraction of sp³-hybridized carbons (Fsp3) is 0.964. The summed E-state index contributed by atoms with van der Waals surface area (Å²) in [6.45, 7) is 13.5. The van der Waals surface area contributed by atoms with Gasteiger partial charge in [-0.15, -0.1) is 0 Å². The van der Waals surface area contributed by atoms with Crippen molar-refractivity contribution in [2.24, 2.45) is 45.8 Å². The lowest BCUT2D eigenvalue weighted by molar-refractivity contribution is -0.0879. The molecular formula is C28H47NO2. The number of rotatable bonds is 2. The van der Waals surface area contributed by atoms with Gasteiger partial charge in [0.2, 0.25) is 0 Å². The van der Waals surface area contributed by atoms with E-state index in [0.29, 0.717) is 28.2 Å². The Kier molecular flexibility index (Phi) is 4.91. The molecule has 1 amide bonds. The second kappa shape index (κ2) is 6.89. The van der Waals surface area contributed by atoms with Gasteiger partial charge in [0, 0.05) is 13.1 Å². The Morgan fingerprint density at radius 2 is 1.61 bits per heavy atom. The molecule has 176 valence electrons. The summed E-state index contributed by atoms with van der Waals surface area (Å²) in [6.07, 6.45) is 14.1. The Morgan fingerprint density at radius 1 is 0.968 bits per heavy atom. The Morgan fingerprint density at radius 3 is 2.29 bits per heavy atom. The number of nitrogens with zero attached hydrogens (tertiary/aromatic N) is 1. The summed E-state index contributed by atoms with van der Waals surface area (Å²) in [5.74, 6) is 4.35. The summed E-state index contributed by atoms with van der Waals surface area (Å²) in [7, 11) is 1.98. The highest BCUT2D eigenvalue weighted by Crippen LogP contribution is 2.86. The summed E-state index contributed by atoms with van der Waals surface area (Å²) in [5, 5.41) is 0. The highest BCUT2D eigenvalue weighted by Gasteiger charge is 2.78. The van der Waals surface area contributed by atoms with Crippen molar-refractivity contribution in [1.29, 1.82) is 0 Å². The zero-order chi connectivity index (χ0) is 22.4. The van der Waals surface area contributed by atoms with Crippen molar-refractivity contribution in [2.75, 3.05) is 7.05 Å². The third-order valence-corrected chi connectivity index (χ3v) is 11.7. The van der Waals surface area contributed by atoms with E-state index in [1.807, 2.05) is 32.7 Å². The lowest BCUT2D eigenvalue weighted by Gasteiger charge is -2.57. The Labute approximate surface area is 191 Å². The molecule has 5 rings (SSSR count). The molecule has 3 heteroatoms. The minimum atomic E-state index is -0.421. The molecule has 9 unspecified atom stereocenters. The normalized spacial score (nSPS) is 50.5. The molecule has 0 aromatic carbocycles. The van der Waals surface area contributed by atoms with Gasteiger partial charge < -0.3 is 9.64 Å². The van der Waals surface area contributed by atoms with Crippen LogP contribution in [0.4, 0.5) is 4.79 Å². The van der Waals surface area contributed by atoms with Gasteiger partial charge in [0.05, 0.1) is 0 Å². The van der Waals surface area contributed by atoms with Crippen molar-refractivity contribution < 1.29 is 9.53 Å². The van der Waals surface area contributed by atoms with Gasteiger partial charge in [-0.1, -0.05) is 27.2 Å². The van der Waals surface area contributed by atoms with E-state index in [9.17, 15) is 4.79 Å². The summed E-state index contributed by atoms with van der Waals surface area (Å²) >= 11 is 0. The number of amides is 1. The van der Waals surface area contributed by atoms with Crippen LogP contribution in [0, 0.1) is 45.8 Å². The van der Waals surface area contributed by atoms with Crippen LogP contribution >= 0.6 is 0 Å². The molecule has 5 aliphatic carbocycles. The van der Waals surface area contributed by atoms with E-state index < -0.39 is 5.60 Å². The maximum Gasteiger partial charge on any atom is 0.410 e. The molecule has 0 N–H and O–H groups in total. The molecule has 0 saturated heterocycles. The topological polar surface area (TPSA) is 29.5 Å². The standard InChI is InChI=1S/C28H47NO2/c1-8-19-9-10-21-22-12-11-20-18(2)23(29(7)24(30)31-25(3,4)5)13-14-27(20)17-28(22,27)16-15-26(19,21)6/h18-23H,8-17H2,1-7H3. The quantitative estimate of drug-likeness (QED) is 0.461. The van der Waals surface area contributed by atoms with Crippen LogP contribution in [0.2, 0.25) is 0 Å². The van der Waals surface area contributed by atoms with Gasteiger partial charge >= 0.3 is 6.09 Å². The van der Waals surface area contributed by atoms with Crippen molar-refractivity contribution in [3.8, 4) is 0 Å². The molecule has 31 heavy (non-hydrogen) atoms. The first-order valence-corrected chi connectivity index (χ1v) is 13.4. The lowest BCUT2D eigenvalue weighted by Crippen LogP contribution is -2.54. The molecule has 0 aliphatic heterocycles. The predicted octanol–water partition coefficient (Wildman–Crippen LogP) is 7.29. The van der Waals surface area contributed by atoms with Crippen molar-refractivity contribution >= 4 is 6.09 Å². The van der Waals surface area contributed by atoms with E-state index in [1.54, 1.807) is 0 Å². The Balaban J connectivity index is 1.34. The van der Waals surface area contributed by atoms with E-state index in [4.69, 9.17) is 4.74 Å². The Bertz CT molecular complexity index is 742. The molecule has 0 heterocycles. The van der Waals surface area contributed by atoms with Crippen LogP contribution in [0.25, 0.3) is 0 Å². The smallest absolute Gasteiger partial charge is 0.410 e. The largest absolute Gasteiger partial charge is 0.444 e. The summed E-state index contributed by atoms with van der Waals surface area (Å²) in [5.41, 5.74) is 1.47.